The molecule has 0 bridgehead atoms. The monoisotopic (exact) mass is 306 g/mol. The van der Waals surface area contributed by atoms with Gasteiger partial charge in [-0.2, -0.15) is 5.10 Å². The summed E-state index contributed by atoms with van der Waals surface area (Å²) in [6, 6.07) is 20.3. The zero-order chi connectivity index (χ0) is 14.9. The molecule has 0 radical (unpaired) electrons. The van der Waals surface area contributed by atoms with E-state index in [4.69, 9.17) is 5.10 Å². The highest BCUT2D eigenvalue weighted by atomic mass is 32.2. The standard InChI is InChI=1S/C17H14N4S/c1-22-17-18-15-14(12-8-4-2-5-9-12)20-21(16(15)19-17)13-10-6-3-7-11-13/h2-11H,1H3,(H,18,19). The van der Waals surface area contributed by atoms with Crippen molar-refractivity contribution in [2.24, 2.45) is 0 Å². The van der Waals surface area contributed by atoms with Crippen molar-refractivity contribution in [1.29, 1.82) is 0 Å². The zero-order valence-corrected chi connectivity index (χ0v) is 12.8. The summed E-state index contributed by atoms with van der Waals surface area (Å²) >= 11 is 1.60. The Morgan fingerprint density at radius 3 is 2.32 bits per heavy atom. The minimum Gasteiger partial charge on any atom is -0.330 e. The predicted molar refractivity (Wildman–Crippen MR) is 90.4 cm³/mol. The van der Waals surface area contributed by atoms with Gasteiger partial charge in [0.1, 0.15) is 11.2 Å². The van der Waals surface area contributed by atoms with Crippen LogP contribution in [0.4, 0.5) is 0 Å². The number of thioether (sulfide) groups is 1. The molecule has 108 valence electrons. The smallest absolute Gasteiger partial charge is 0.182 e. The van der Waals surface area contributed by atoms with Crippen molar-refractivity contribution in [3.05, 3.63) is 60.7 Å². The summed E-state index contributed by atoms with van der Waals surface area (Å²) in [6.45, 7) is 0. The SMILES string of the molecule is CSc1nc2c([nH]1)c(-c1ccccc1)nn2-c1ccccc1. The Hall–Kier alpha value is -2.53. The summed E-state index contributed by atoms with van der Waals surface area (Å²) in [7, 11) is 0. The van der Waals surface area contributed by atoms with Crippen LogP contribution in [0.3, 0.4) is 0 Å². The van der Waals surface area contributed by atoms with Gasteiger partial charge < -0.3 is 4.98 Å². The van der Waals surface area contributed by atoms with Crippen molar-refractivity contribution in [2.45, 2.75) is 5.16 Å². The largest absolute Gasteiger partial charge is 0.330 e. The normalized spacial score (nSPS) is 11.1. The quantitative estimate of drug-likeness (QED) is 0.579. The minimum atomic E-state index is 0.856. The lowest BCUT2D eigenvalue weighted by molar-refractivity contribution is 0.888. The number of rotatable bonds is 3. The molecule has 4 nitrogen and oxygen atoms in total. The second-order valence-corrected chi connectivity index (χ2v) is 5.70. The molecule has 0 aliphatic heterocycles. The molecule has 0 saturated heterocycles. The fraction of sp³-hybridized carbons (Fsp3) is 0.0588. The molecule has 0 saturated carbocycles. The molecule has 0 amide bonds. The van der Waals surface area contributed by atoms with Crippen LogP contribution in [0.1, 0.15) is 0 Å². The molecule has 0 spiro atoms. The summed E-state index contributed by atoms with van der Waals surface area (Å²) in [5.41, 5.74) is 4.84. The number of nitrogens with zero attached hydrogens (tertiary/aromatic N) is 3. The molecule has 0 aliphatic rings. The number of hydrogen-bond donors (Lipinski definition) is 1. The highest BCUT2D eigenvalue weighted by Crippen LogP contribution is 2.29. The van der Waals surface area contributed by atoms with Crippen LogP contribution in [0.2, 0.25) is 0 Å². The Morgan fingerprint density at radius 2 is 1.64 bits per heavy atom. The van der Waals surface area contributed by atoms with Gasteiger partial charge in [0.2, 0.25) is 0 Å². The summed E-state index contributed by atoms with van der Waals surface area (Å²) in [5, 5.41) is 5.68. The third-order valence-electron chi connectivity index (χ3n) is 3.54. The number of para-hydroxylation sites is 1. The van der Waals surface area contributed by atoms with E-state index in [1.807, 2.05) is 59.5 Å². The van der Waals surface area contributed by atoms with E-state index in [0.717, 1.165) is 33.3 Å². The molecular formula is C17H14N4S. The first-order valence-electron chi connectivity index (χ1n) is 7.00. The van der Waals surface area contributed by atoms with E-state index in [1.165, 1.54) is 0 Å². The number of nitrogens with one attached hydrogen (secondary N) is 1. The molecule has 2 heterocycles. The van der Waals surface area contributed by atoms with Gasteiger partial charge in [0.25, 0.3) is 0 Å². The summed E-state index contributed by atoms with van der Waals surface area (Å²) in [6.07, 6.45) is 2.01. The van der Waals surface area contributed by atoms with Crippen LogP contribution in [0.25, 0.3) is 28.1 Å². The van der Waals surface area contributed by atoms with Crippen LogP contribution in [-0.4, -0.2) is 26.0 Å². The fourth-order valence-electron chi connectivity index (χ4n) is 2.50. The van der Waals surface area contributed by atoms with Crippen LogP contribution in [0.5, 0.6) is 0 Å². The third kappa shape index (κ3) is 2.10. The first-order valence-corrected chi connectivity index (χ1v) is 8.23. The topological polar surface area (TPSA) is 46.5 Å². The van der Waals surface area contributed by atoms with Gasteiger partial charge in [0.05, 0.1) is 5.69 Å². The number of benzene rings is 2. The van der Waals surface area contributed by atoms with Gasteiger partial charge in [-0.05, 0) is 18.4 Å². The van der Waals surface area contributed by atoms with E-state index in [1.54, 1.807) is 11.8 Å². The second-order valence-electron chi connectivity index (χ2n) is 4.91. The Bertz CT molecular complexity index is 838. The van der Waals surface area contributed by atoms with Crippen LogP contribution in [-0.2, 0) is 0 Å². The van der Waals surface area contributed by atoms with Crippen LogP contribution in [0, 0.1) is 0 Å². The number of imidazole rings is 1. The molecule has 2 aromatic carbocycles. The second kappa shape index (κ2) is 5.35. The maximum Gasteiger partial charge on any atom is 0.182 e. The fourth-order valence-corrected chi connectivity index (χ4v) is 2.88. The molecule has 22 heavy (non-hydrogen) atoms. The van der Waals surface area contributed by atoms with Crippen LogP contribution >= 0.6 is 11.8 Å². The molecule has 2 aromatic heterocycles. The number of H-pyrrole nitrogens is 1. The van der Waals surface area contributed by atoms with Gasteiger partial charge in [-0.3, -0.25) is 0 Å². The number of hydrogen-bond acceptors (Lipinski definition) is 3. The molecule has 0 fully saturated rings. The van der Waals surface area contributed by atoms with Crippen molar-refractivity contribution in [1.82, 2.24) is 19.7 Å². The zero-order valence-electron chi connectivity index (χ0n) is 12.0. The Kier molecular flexibility index (Phi) is 3.20. The number of aromatic amines is 1. The van der Waals surface area contributed by atoms with Crippen molar-refractivity contribution in [3.8, 4) is 16.9 Å². The highest BCUT2D eigenvalue weighted by molar-refractivity contribution is 7.98. The Labute approximate surface area is 132 Å². The van der Waals surface area contributed by atoms with Crippen LogP contribution in [0.15, 0.2) is 65.8 Å². The van der Waals surface area contributed by atoms with Gasteiger partial charge in [-0.1, -0.05) is 60.3 Å². The van der Waals surface area contributed by atoms with E-state index >= 15 is 0 Å². The summed E-state index contributed by atoms with van der Waals surface area (Å²) in [4.78, 5) is 8.03. The van der Waals surface area contributed by atoms with Crippen LogP contribution < -0.4 is 0 Å². The maximum absolute atomic E-state index is 4.78. The molecular weight excluding hydrogens is 292 g/mol. The van der Waals surface area contributed by atoms with Crippen molar-refractivity contribution in [3.63, 3.8) is 0 Å². The van der Waals surface area contributed by atoms with E-state index in [2.05, 4.69) is 22.1 Å². The molecule has 0 aliphatic carbocycles. The molecule has 1 N–H and O–H groups in total. The van der Waals surface area contributed by atoms with E-state index in [0.29, 0.717) is 0 Å². The first kappa shape index (κ1) is 13.2. The van der Waals surface area contributed by atoms with Crippen molar-refractivity contribution < 1.29 is 0 Å². The van der Waals surface area contributed by atoms with E-state index in [-0.39, 0.29) is 0 Å². The predicted octanol–water partition coefficient (Wildman–Crippen LogP) is 4.14. The van der Waals surface area contributed by atoms with Crippen molar-refractivity contribution >= 4 is 22.9 Å². The van der Waals surface area contributed by atoms with Gasteiger partial charge >= 0.3 is 0 Å². The van der Waals surface area contributed by atoms with Gasteiger partial charge in [0, 0.05) is 5.56 Å². The Morgan fingerprint density at radius 1 is 0.955 bits per heavy atom. The molecule has 4 rings (SSSR count). The Balaban J connectivity index is 2.00. The maximum atomic E-state index is 4.78. The van der Waals surface area contributed by atoms with Crippen molar-refractivity contribution in [2.75, 3.05) is 6.26 Å². The molecule has 0 atom stereocenters. The number of fused-ring (bicyclic) bond motifs is 1. The van der Waals surface area contributed by atoms with Gasteiger partial charge in [-0.25, -0.2) is 9.67 Å². The lowest BCUT2D eigenvalue weighted by Gasteiger charge is -2.01. The van der Waals surface area contributed by atoms with E-state index in [9.17, 15) is 0 Å². The van der Waals surface area contributed by atoms with Gasteiger partial charge in [0.15, 0.2) is 10.8 Å². The lowest BCUT2D eigenvalue weighted by atomic mass is 10.1. The molecule has 5 heteroatoms. The average Bonchev–Trinajstić information content (AvgIpc) is 3.15. The third-order valence-corrected chi connectivity index (χ3v) is 4.12. The summed E-state index contributed by atoms with van der Waals surface area (Å²) < 4.78 is 1.90. The molecule has 4 aromatic rings. The average molecular weight is 306 g/mol. The molecule has 0 unspecified atom stereocenters. The highest BCUT2D eigenvalue weighted by Gasteiger charge is 2.17. The first-order chi connectivity index (χ1) is 10.9. The summed E-state index contributed by atoms with van der Waals surface area (Å²) in [5.74, 6) is 0. The minimum absolute atomic E-state index is 0.856. The van der Waals surface area contributed by atoms with E-state index < -0.39 is 0 Å². The van der Waals surface area contributed by atoms with Gasteiger partial charge in [-0.15, -0.1) is 0 Å². The lowest BCUT2D eigenvalue weighted by Crippen LogP contribution is -1.97. The number of aromatic nitrogens is 4.